The van der Waals surface area contributed by atoms with Crippen molar-refractivity contribution in [1.82, 2.24) is 9.78 Å². The maximum Gasteiger partial charge on any atom is 0.0623 e. The van der Waals surface area contributed by atoms with E-state index >= 15 is 0 Å². The first-order valence-electron chi connectivity index (χ1n) is 4.12. The van der Waals surface area contributed by atoms with Crippen LogP contribution in [-0.4, -0.2) is 15.5 Å². The number of thiol groups is 1. The van der Waals surface area contributed by atoms with E-state index in [4.69, 9.17) is 0 Å². The molecule has 0 aliphatic rings. The molecule has 2 nitrogen and oxygen atoms in total. The Hall–Kier alpha value is 0.290. The van der Waals surface area contributed by atoms with Gasteiger partial charge in [-0.15, -0.1) is 0 Å². The predicted octanol–water partition coefficient (Wildman–Crippen LogP) is 2.59. The highest BCUT2D eigenvalue weighted by molar-refractivity contribution is 14.1. The molecular weight excluding hydrogens is 283 g/mol. The summed E-state index contributed by atoms with van der Waals surface area (Å²) < 4.78 is 3.21. The Kier molecular flexibility index (Phi) is 5.06. The van der Waals surface area contributed by atoms with E-state index in [9.17, 15) is 0 Å². The third kappa shape index (κ3) is 3.80. The number of aryl methyl sites for hydroxylation is 1. The van der Waals surface area contributed by atoms with Crippen molar-refractivity contribution >= 4 is 35.2 Å². The molecular formula is C8H13IN2S. The topological polar surface area (TPSA) is 17.8 Å². The van der Waals surface area contributed by atoms with Gasteiger partial charge in [-0.3, -0.25) is 4.68 Å². The fourth-order valence-corrected chi connectivity index (χ4v) is 1.69. The molecule has 1 heterocycles. The molecule has 1 rings (SSSR count). The summed E-state index contributed by atoms with van der Waals surface area (Å²) in [5, 5.41) is 4.20. The second-order valence-corrected chi connectivity index (χ2v) is 4.40. The number of unbranched alkanes of at least 4 members (excludes halogenated alkanes) is 2. The van der Waals surface area contributed by atoms with E-state index in [2.05, 4.69) is 46.5 Å². The molecule has 0 spiro atoms. The normalized spacial score (nSPS) is 10.5. The summed E-state index contributed by atoms with van der Waals surface area (Å²) in [6.45, 7) is 1.04. The summed E-state index contributed by atoms with van der Waals surface area (Å²) in [7, 11) is 0. The van der Waals surface area contributed by atoms with Crippen LogP contribution in [0, 0.1) is 3.57 Å². The summed E-state index contributed by atoms with van der Waals surface area (Å²) in [4.78, 5) is 0. The van der Waals surface area contributed by atoms with Crippen molar-refractivity contribution in [3.63, 3.8) is 0 Å². The Bertz CT molecular complexity index is 225. The lowest BCUT2D eigenvalue weighted by molar-refractivity contribution is 0.554. The first-order valence-corrected chi connectivity index (χ1v) is 5.83. The van der Waals surface area contributed by atoms with Gasteiger partial charge in [0.2, 0.25) is 0 Å². The van der Waals surface area contributed by atoms with E-state index in [1.807, 2.05) is 10.9 Å². The molecule has 0 aromatic carbocycles. The molecule has 68 valence electrons. The Morgan fingerprint density at radius 1 is 1.42 bits per heavy atom. The van der Waals surface area contributed by atoms with Crippen LogP contribution in [0.15, 0.2) is 12.4 Å². The van der Waals surface area contributed by atoms with Crippen LogP contribution in [0.2, 0.25) is 0 Å². The average Bonchev–Trinajstić information content (AvgIpc) is 2.45. The van der Waals surface area contributed by atoms with Gasteiger partial charge in [-0.25, -0.2) is 0 Å². The molecule has 12 heavy (non-hydrogen) atoms. The molecule has 4 heteroatoms. The van der Waals surface area contributed by atoms with Gasteiger partial charge in [-0.2, -0.15) is 17.7 Å². The summed E-state index contributed by atoms with van der Waals surface area (Å²) in [6.07, 6.45) is 7.63. The van der Waals surface area contributed by atoms with Crippen molar-refractivity contribution in [2.24, 2.45) is 0 Å². The van der Waals surface area contributed by atoms with Crippen LogP contribution in [-0.2, 0) is 6.54 Å². The minimum Gasteiger partial charge on any atom is -0.272 e. The highest BCUT2D eigenvalue weighted by Crippen LogP contribution is 2.04. The summed E-state index contributed by atoms with van der Waals surface area (Å²) in [5.41, 5.74) is 0. The van der Waals surface area contributed by atoms with E-state index in [-0.39, 0.29) is 0 Å². The van der Waals surface area contributed by atoms with Gasteiger partial charge < -0.3 is 0 Å². The van der Waals surface area contributed by atoms with Crippen molar-refractivity contribution in [2.75, 3.05) is 5.75 Å². The van der Waals surface area contributed by atoms with Crippen LogP contribution < -0.4 is 0 Å². The minimum absolute atomic E-state index is 0.997. The molecule has 0 fully saturated rings. The van der Waals surface area contributed by atoms with E-state index in [1.54, 1.807) is 0 Å². The Morgan fingerprint density at radius 2 is 2.25 bits per heavy atom. The molecule has 1 aromatic heterocycles. The molecule has 0 N–H and O–H groups in total. The van der Waals surface area contributed by atoms with Crippen molar-refractivity contribution < 1.29 is 0 Å². The zero-order valence-corrected chi connectivity index (χ0v) is 9.96. The van der Waals surface area contributed by atoms with E-state index in [0.717, 1.165) is 12.3 Å². The van der Waals surface area contributed by atoms with Crippen molar-refractivity contribution in [1.29, 1.82) is 0 Å². The standard InChI is InChI=1S/C8H13IN2S/c9-8-6-10-11(7-8)4-2-1-3-5-12/h6-7,12H,1-5H2. The zero-order valence-electron chi connectivity index (χ0n) is 6.91. The number of nitrogens with zero attached hydrogens (tertiary/aromatic N) is 2. The zero-order chi connectivity index (χ0) is 8.81. The number of aromatic nitrogens is 2. The Balaban J connectivity index is 2.15. The Labute approximate surface area is 92.3 Å². The second kappa shape index (κ2) is 5.85. The number of hydrogen-bond acceptors (Lipinski definition) is 2. The van der Waals surface area contributed by atoms with Crippen LogP contribution >= 0.6 is 35.2 Å². The van der Waals surface area contributed by atoms with Gasteiger partial charge in [0.1, 0.15) is 0 Å². The van der Waals surface area contributed by atoms with Crippen LogP contribution in [0.25, 0.3) is 0 Å². The van der Waals surface area contributed by atoms with Crippen LogP contribution in [0.4, 0.5) is 0 Å². The fourth-order valence-electron chi connectivity index (χ4n) is 1.02. The fraction of sp³-hybridized carbons (Fsp3) is 0.625. The van der Waals surface area contributed by atoms with E-state index < -0.39 is 0 Å². The molecule has 0 unspecified atom stereocenters. The summed E-state index contributed by atoms with van der Waals surface area (Å²) in [5.74, 6) is 0.997. The molecule has 1 aromatic rings. The molecule has 0 bridgehead atoms. The lowest BCUT2D eigenvalue weighted by Crippen LogP contribution is -1.97. The summed E-state index contributed by atoms with van der Waals surface area (Å²) in [6, 6.07) is 0. The monoisotopic (exact) mass is 296 g/mol. The number of hydrogen-bond donors (Lipinski definition) is 1. The van der Waals surface area contributed by atoms with Gasteiger partial charge in [0.05, 0.1) is 9.77 Å². The van der Waals surface area contributed by atoms with Crippen molar-refractivity contribution in [2.45, 2.75) is 25.8 Å². The highest BCUT2D eigenvalue weighted by Gasteiger charge is 1.93. The number of halogens is 1. The van der Waals surface area contributed by atoms with Gasteiger partial charge in [-0.1, -0.05) is 6.42 Å². The maximum atomic E-state index is 4.20. The predicted molar refractivity (Wildman–Crippen MR) is 62.6 cm³/mol. The molecule has 0 aliphatic carbocycles. The average molecular weight is 296 g/mol. The summed E-state index contributed by atoms with van der Waals surface area (Å²) >= 11 is 6.43. The third-order valence-corrected chi connectivity index (χ3v) is 2.52. The molecule has 0 amide bonds. The van der Waals surface area contributed by atoms with Gasteiger partial charge in [0, 0.05) is 12.7 Å². The van der Waals surface area contributed by atoms with E-state index in [1.165, 1.54) is 22.8 Å². The van der Waals surface area contributed by atoms with Gasteiger partial charge in [-0.05, 0) is 41.2 Å². The van der Waals surface area contributed by atoms with Gasteiger partial charge in [0.25, 0.3) is 0 Å². The quantitative estimate of drug-likeness (QED) is 0.502. The van der Waals surface area contributed by atoms with Crippen LogP contribution in [0.5, 0.6) is 0 Å². The van der Waals surface area contributed by atoms with Gasteiger partial charge in [0.15, 0.2) is 0 Å². The molecule has 0 aliphatic heterocycles. The lowest BCUT2D eigenvalue weighted by atomic mass is 10.2. The smallest absolute Gasteiger partial charge is 0.0623 e. The first-order chi connectivity index (χ1) is 5.83. The van der Waals surface area contributed by atoms with E-state index in [0.29, 0.717) is 0 Å². The van der Waals surface area contributed by atoms with Crippen molar-refractivity contribution in [3.05, 3.63) is 16.0 Å². The molecule has 0 atom stereocenters. The molecule has 0 saturated heterocycles. The van der Waals surface area contributed by atoms with Crippen LogP contribution in [0.1, 0.15) is 19.3 Å². The highest BCUT2D eigenvalue weighted by atomic mass is 127. The SMILES string of the molecule is SCCCCCn1cc(I)cn1. The second-order valence-electron chi connectivity index (χ2n) is 2.71. The molecule has 0 radical (unpaired) electrons. The molecule has 0 saturated carbocycles. The maximum absolute atomic E-state index is 4.20. The number of rotatable bonds is 5. The van der Waals surface area contributed by atoms with Crippen LogP contribution in [0.3, 0.4) is 0 Å². The van der Waals surface area contributed by atoms with Gasteiger partial charge >= 0.3 is 0 Å². The lowest BCUT2D eigenvalue weighted by Gasteiger charge is -1.99. The Morgan fingerprint density at radius 3 is 2.83 bits per heavy atom. The van der Waals surface area contributed by atoms with Crippen molar-refractivity contribution in [3.8, 4) is 0 Å². The third-order valence-electron chi connectivity index (χ3n) is 1.65. The largest absolute Gasteiger partial charge is 0.272 e. The minimum atomic E-state index is 0.997. The first kappa shape index (κ1) is 10.4.